The van der Waals surface area contributed by atoms with Crippen molar-refractivity contribution in [3.05, 3.63) is 65.7 Å². The number of carboxylic acid groups (broad SMARTS) is 1. The zero-order chi connectivity index (χ0) is 24.6. The number of fused-ring (bicyclic) bond motifs is 4. The van der Waals surface area contributed by atoms with Crippen LogP contribution in [0.5, 0.6) is 17.2 Å². The Morgan fingerprint density at radius 1 is 0.944 bits per heavy atom. The molecule has 2 bridgehead atoms. The van der Waals surface area contributed by atoms with E-state index in [0.717, 1.165) is 34.2 Å². The number of carboxylic acids is 1. The molecule has 1 amide bonds. The number of carbonyl (C=O) groups excluding carboxylic acids is 1. The van der Waals surface area contributed by atoms with Crippen molar-refractivity contribution < 1.29 is 28.9 Å². The van der Waals surface area contributed by atoms with Gasteiger partial charge in [-0.15, -0.1) is 0 Å². The normalized spacial score (nSPS) is 22.5. The molecule has 3 aliphatic rings. The molecule has 0 spiro atoms. The Kier molecular flexibility index (Phi) is 5.91. The molecule has 1 heterocycles. The second kappa shape index (κ2) is 9.37. The fourth-order valence-corrected chi connectivity index (χ4v) is 6.10. The Hall–Kier alpha value is -3.74. The van der Waals surface area contributed by atoms with Crippen LogP contribution in [-0.2, 0) is 9.59 Å². The SMILES string of the molecule is O=C(O)CC(c1ccc2c(c1)OCO2)c1ccc2ccc(OCC(=O)N[C@H]3C[C@@H]4CC[C@H]3C4)cc2c1. The van der Waals surface area contributed by atoms with Crippen LogP contribution in [0.2, 0.25) is 0 Å². The average molecular weight is 488 g/mol. The minimum Gasteiger partial charge on any atom is -0.484 e. The first-order chi connectivity index (χ1) is 17.5. The lowest BCUT2D eigenvalue weighted by Gasteiger charge is -2.22. The Balaban J connectivity index is 1.19. The van der Waals surface area contributed by atoms with Crippen molar-refractivity contribution in [2.75, 3.05) is 13.4 Å². The fraction of sp³-hybridized carbons (Fsp3) is 0.379. The van der Waals surface area contributed by atoms with E-state index in [-0.39, 0.29) is 31.6 Å². The molecule has 2 saturated carbocycles. The van der Waals surface area contributed by atoms with E-state index in [4.69, 9.17) is 14.2 Å². The highest BCUT2D eigenvalue weighted by Crippen LogP contribution is 2.44. The molecule has 0 saturated heterocycles. The molecule has 7 nitrogen and oxygen atoms in total. The van der Waals surface area contributed by atoms with Gasteiger partial charge >= 0.3 is 5.97 Å². The van der Waals surface area contributed by atoms with Gasteiger partial charge in [0.2, 0.25) is 6.79 Å². The molecule has 1 aliphatic heterocycles. The van der Waals surface area contributed by atoms with Crippen molar-refractivity contribution in [3.8, 4) is 17.2 Å². The van der Waals surface area contributed by atoms with E-state index in [1.54, 1.807) is 0 Å². The molecule has 2 N–H and O–H groups in total. The summed E-state index contributed by atoms with van der Waals surface area (Å²) in [5, 5.41) is 14.7. The van der Waals surface area contributed by atoms with E-state index in [1.165, 1.54) is 19.3 Å². The third-order valence-electron chi connectivity index (χ3n) is 7.87. The number of ether oxygens (including phenoxy) is 3. The van der Waals surface area contributed by atoms with Gasteiger partial charge in [0.25, 0.3) is 5.91 Å². The van der Waals surface area contributed by atoms with Gasteiger partial charge in [0.15, 0.2) is 18.1 Å². The van der Waals surface area contributed by atoms with Crippen molar-refractivity contribution in [2.24, 2.45) is 11.8 Å². The summed E-state index contributed by atoms with van der Waals surface area (Å²) in [5.41, 5.74) is 1.74. The van der Waals surface area contributed by atoms with Crippen molar-refractivity contribution in [3.63, 3.8) is 0 Å². The lowest BCUT2D eigenvalue weighted by atomic mass is 9.87. The number of benzene rings is 3. The van der Waals surface area contributed by atoms with Gasteiger partial charge in [-0.3, -0.25) is 9.59 Å². The Morgan fingerprint density at radius 2 is 1.75 bits per heavy atom. The fourth-order valence-electron chi connectivity index (χ4n) is 6.10. The lowest BCUT2D eigenvalue weighted by molar-refractivity contribution is -0.137. The molecule has 3 aromatic rings. The van der Waals surface area contributed by atoms with E-state index in [1.807, 2.05) is 54.6 Å². The quantitative estimate of drug-likeness (QED) is 0.471. The van der Waals surface area contributed by atoms with Crippen LogP contribution < -0.4 is 19.5 Å². The summed E-state index contributed by atoms with van der Waals surface area (Å²) < 4.78 is 16.7. The summed E-state index contributed by atoms with van der Waals surface area (Å²) in [6.45, 7) is 0.152. The number of hydrogen-bond donors (Lipinski definition) is 2. The molecule has 2 aliphatic carbocycles. The van der Waals surface area contributed by atoms with Crippen molar-refractivity contribution in [1.29, 1.82) is 0 Å². The third kappa shape index (κ3) is 4.57. The minimum atomic E-state index is -0.878. The molecule has 186 valence electrons. The number of nitrogens with one attached hydrogen (secondary N) is 1. The molecular weight excluding hydrogens is 458 g/mol. The zero-order valence-electron chi connectivity index (χ0n) is 19.9. The van der Waals surface area contributed by atoms with Crippen LogP contribution in [0.3, 0.4) is 0 Å². The van der Waals surface area contributed by atoms with Gasteiger partial charge in [0, 0.05) is 12.0 Å². The first-order valence-electron chi connectivity index (χ1n) is 12.6. The molecule has 0 radical (unpaired) electrons. The van der Waals surface area contributed by atoms with E-state index < -0.39 is 5.97 Å². The summed E-state index contributed by atoms with van der Waals surface area (Å²) in [7, 11) is 0. The summed E-state index contributed by atoms with van der Waals surface area (Å²) in [6.07, 6.45) is 4.81. The van der Waals surface area contributed by atoms with Crippen LogP contribution in [0.4, 0.5) is 0 Å². The summed E-state index contributed by atoms with van der Waals surface area (Å²) in [5.74, 6) is 2.00. The van der Waals surface area contributed by atoms with Crippen LogP contribution in [0.15, 0.2) is 54.6 Å². The average Bonchev–Trinajstić information content (AvgIpc) is 3.62. The van der Waals surface area contributed by atoms with E-state index in [9.17, 15) is 14.7 Å². The number of aliphatic carboxylic acids is 1. The standard InChI is InChI=1S/C29H29NO6/c31-28(30-25-10-17-1-2-21(25)9-17)15-34-23-7-5-18-3-4-19(11-22(18)12-23)24(14-29(32)33)20-6-8-26-27(13-20)36-16-35-26/h3-8,11-13,17,21,24-25H,1-2,9-10,14-16H2,(H,30,31)(H,32,33)/t17-,21+,24?,25+/m1/s1. The second-order valence-corrected chi connectivity index (χ2v) is 10.2. The molecule has 36 heavy (non-hydrogen) atoms. The molecule has 0 aromatic heterocycles. The highest BCUT2D eigenvalue weighted by molar-refractivity contribution is 5.85. The molecule has 3 aromatic carbocycles. The smallest absolute Gasteiger partial charge is 0.304 e. The zero-order valence-corrected chi connectivity index (χ0v) is 19.9. The second-order valence-electron chi connectivity index (χ2n) is 10.2. The number of amides is 1. The molecule has 6 rings (SSSR count). The molecule has 7 heteroatoms. The molecule has 2 fully saturated rings. The Bertz CT molecular complexity index is 1320. The highest BCUT2D eigenvalue weighted by atomic mass is 16.7. The minimum absolute atomic E-state index is 0.0160. The van der Waals surface area contributed by atoms with Crippen molar-refractivity contribution >= 4 is 22.6 Å². The maximum Gasteiger partial charge on any atom is 0.304 e. The summed E-state index contributed by atoms with van der Waals surface area (Å²) in [6, 6.07) is 17.5. The van der Waals surface area contributed by atoms with Crippen LogP contribution in [0, 0.1) is 11.8 Å². The number of hydrogen-bond acceptors (Lipinski definition) is 5. The first-order valence-corrected chi connectivity index (χ1v) is 12.6. The summed E-state index contributed by atoms with van der Waals surface area (Å²) >= 11 is 0. The number of carbonyl (C=O) groups is 2. The topological polar surface area (TPSA) is 94.1 Å². The van der Waals surface area contributed by atoms with E-state index >= 15 is 0 Å². The van der Waals surface area contributed by atoms with E-state index in [2.05, 4.69) is 5.32 Å². The van der Waals surface area contributed by atoms with Crippen LogP contribution in [-0.4, -0.2) is 36.4 Å². The van der Waals surface area contributed by atoms with Gasteiger partial charge in [0.05, 0.1) is 6.42 Å². The largest absolute Gasteiger partial charge is 0.484 e. The van der Waals surface area contributed by atoms with Gasteiger partial charge in [0.1, 0.15) is 5.75 Å². The molecule has 1 unspecified atom stereocenters. The Morgan fingerprint density at radius 3 is 2.56 bits per heavy atom. The molecular formula is C29H29NO6. The van der Waals surface area contributed by atoms with Gasteiger partial charge in [-0.2, -0.15) is 0 Å². The predicted molar refractivity (Wildman–Crippen MR) is 133 cm³/mol. The first kappa shape index (κ1) is 22.7. The summed E-state index contributed by atoms with van der Waals surface area (Å²) in [4.78, 5) is 24.2. The maximum atomic E-state index is 12.5. The Labute approximate surface area is 209 Å². The van der Waals surface area contributed by atoms with Crippen molar-refractivity contribution in [1.82, 2.24) is 5.32 Å². The van der Waals surface area contributed by atoms with Crippen LogP contribution in [0.25, 0.3) is 10.8 Å². The maximum absolute atomic E-state index is 12.5. The van der Waals surface area contributed by atoms with E-state index in [0.29, 0.717) is 29.2 Å². The monoisotopic (exact) mass is 487 g/mol. The number of rotatable bonds is 8. The van der Waals surface area contributed by atoms with Crippen LogP contribution >= 0.6 is 0 Å². The van der Waals surface area contributed by atoms with Gasteiger partial charge < -0.3 is 24.6 Å². The van der Waals surface area contributed by atoms with Gasteiger partial charge in [-0.1, -0.05) is 36.8 Å². The van der Waals surface area contributed by atoms with Crippen molar-refractivity contribution in [2.45, 2.75) is 44.1 Å². The van der Waals surface area contributed by atoms with Gasteiger partial charge in [-0.25, -0.2) is 0 Å². The van der Waals surface area contributed by atoms with Gasteiger partial charge in [-0.05, 0) is 77.3 Å². The highest BCUT2D eigenvalue weighted by Gasteiger charge is 2.40. The third-order valence-corrected chi connectivity index (χ3v) is 7.87. The van der Waals surface area contributed by atoms with Crippen LogP contribution in [0.1, 0.15) is 49.1 Å². The predicted octanol–water partition coefficient (Wildman–Crippen LogP) is 4.86. The molecule has 4 atom stereocenters. The lowest BCUT2D eigenvalue weighted by Crippen LogP contribution is -2.40.